The van der Waals surface area contributed by atoms with Crippen LogP contribution in [0.5, 0.6) is 11.5 Å². The molecule has 0 heterocycles. The van der Waals surface area contributed by atoms with Crippen molar-refractivity contribution in [2.45, 2.75) is 24.9 Å². The number of nitrogens with one attached hydrogen (secondary N) is 1. The molecule has 0 bridgehead atoms. The Hall–Kier alpha value is -3.06. The van der Waals surface area contributed by atoms with Gasteiger partial charge in [0.1, 0.15) is 17.5 Å². The number of nitrogens with two attached hydrogens (primary N) is 1. The molecule has 132 valence electrons. The Labute approximate surface area is 144 Å². The van der Waals surface area contributed by atoms with E-state index in [1.54, 1.807) is 24.3 Å². The normalized spacial score (nSPS) is 13.0. The standard InChI is InChI=1S/C18H20N2O5/c19-15(9-11-1-5-13(21)6-2-11)17(23)20-16(18(24)25)10-12-3-7-14(22)8-4-12/h1-8,15-16,21-22H,9-10,19H2,(H,20,23)(H,24,25)/t15-,16+/m0/s1. The van der Waals surface area contributed by atoms with Gasteiger partial charge >= 0.3 is 5.97 Å². The van der Waals surface area contributed by atoms with Crippen molar-refractivity contribution < 1.29 is 24.9 Å². The summed E-state index contributed by atoms with van der Waals surface area (Å²) in [5.74, 6) is -1.55. The lowest BCUT2D eigenvalue weighted by atomic mass is 10.0. The summed E-state index contributed by atoms with van der Waals surface area (Å²) in [6.07, 6.45) is 0.297. The molecule has 2 aromatic carbocycles. The summed E-state index contributed by atoms with van der Waals surface area (Å²) < 4.78 is 0. The number of aliphatic carboxylic acids is 1. The smallest absolute Gasteiger partial charge is 0.326 e. The highest BCUT2D eigenvalue weighted by Crippen LogP contribution is 2.13. The van der Waals surface area contributed by atoms with Crippen molar-refractivity contribution in [3.05, 3.63) is 59.7 Å². The Morgan fingerprint density at radius 2 is 1.32 bits per heavy atom. The van der Waals surface area contributed by atoms with Gasteiger partial charge < -0.3 is 26.4 Å². The highest BCUT2D eigenvalue weighted by Gasteiger charge is 2.23. The summed E-state index contributed by atoms with van der Waals surface area (Å²) >= 11 is 0. The van der Waals surface area contributed by atoms with Gasteiger partial charge in [-0.15, -0.1) is 0 Å². The van der Waals surface area contributed by atoms with Gasteiger partial charge in [0, 0.05) is 6.42 Å². The van der Waals surface area contributed by atoms with E-state index in [4.69, 9.17) is 5.73 Å². The van der Waals surface area contributed by atoms with Crippen molar-refractivity contribution >= 4 is 11.9 Å². The first-order chi connectivity index (χ1) is 11.8. The van der Waals surface area contributed by atoms with Crippen LogP contribution >= 0.6 is 0 Å². The summed E-state index contributed by atoms with van der Waals surface area (Å²) in [5, 5.41) is 30.2. The fourth-order valence-electron chi connectivity index (χ4n) is 2.33. The lowest BCUT2D eigenvalue weighted by Gasteiger charge is -2.18. The second kappa shape index (κ2) is 8.16. The lowest BCUT2D eigenvalue weighted by Crippen LogP contribution is -2.50. The van der Waals surface area contributed by atoms with E-state index in [-0.39, 0.29) is 24.3 Å². The molecule has 0 aromatic heterocycles. The molecule has 7 nitrogen and oxygen atoms in total. The number of phenolic OH excluding ortho intramolecular Hbond substituents is 2. The highest BCUT2D eigenvalue weighted by atomic mass is 16.4. The minimum absolute atomic E-state index is 0.0767. The molecular formula is C18H20N2O5. The molecule has 2 rings (SSSR count). The Bertz CT molecular complexity index is 728. The lowest BCUT2D eigenvalue weighted by molar-refractivity contribution is -0.141. The second-order valence-corrected chi connectivity index (χ2v) is 5.75. The third-order valence-electron chi connectivity index (χ3n) is 3.72. The van der Waals surface area contributed by atoms with Crippen LogP contribution in [0.2, 0.25) is 0 Å². The number of carboxylic acids is 1. The molecule has 25 heavy (non-hydrogen) atoms. The maximum atomic E-state index is 12.2. The number of hydrogen-bond donors (Lipinski definition) is 5. The molecule has 2 aromatic rings. The van der Waals surface area contributed by atoms with Gasteiger partial charge in [-0.1, -0.05) is 24.3 Å². The van der Waals surface area contributed by atoms with Crippen molar-refractivity contribution in [3.8, 4) is 11.5 Å². The van der Waals surface area contributed by atoms with E-state index in [1.165, 1.54) is 24.3 Å². The molecule has 0 saturated carbocycles. The quantitative estimate of drug-likeness (QED) is 0.504. The van der Waals surface area contributed by atoms with E-state index in [0.717, 1.165) is 5.56 Å². The van der Waals surface area contributed by atoms with Gasteiger partial charge in [-0.2, -0.15) is 0 Å². The van der Waals surface area contributed by atoms with Gasteiger partial charge in [0.15, 0.2) is 0 Å². The zero-order valence-electron chi connectivity index (χ0n) is 13.4. The summed E-state index contributed by atoms with van der Waals surface area (Å²) in [4.78, 5) is 23.6. The summed E-state index contributed by atoms with van der Waals surface area (Å²) in [5.41, 5.74) is 7.27. The van der Waals surface area contributed by atoms with Crippen molar-refractivity contribution in [2.75, 3.05) is 0 Å². The van der Waals surface area contributed by atoms with Crippen LogP contribution < -0.4 is 11.1 Å². The van der Waals surface area contributed by atoms with Crippen LogP contribution in [0.3, 0.4) is 0 Å². The second-order valence-electron chi connectivity index (χ2n) is 5.75. The molecule has 0 fully saturated rings. The zero-order chi connectivity index (χ0) is 18.4. The number of carbonyl (C=O) groups is 2. The zero-order valence-corrected chi connectivity index (χ0v) is 13.4. The third-order valence-corrected chi connectivity index (χ3v) is 3.72. The summed E-state index contributed by atoms with van der Waals surface area (Å²) in [7, 11) is 0. The van der Waals surface area contributed by atoms with Gasteiger partial charge in [-0.3, -0.25) is 4.79 Å². The monoisotopic (exact) mass is 344 g/mol. The van der Waals surface area contributed by atoms with Crippen LogP contribution in [0, 0.1) is 0 Å². The molecule has 0 aliphatic heterocycles. The van der Waals surface area contributed by atoms with Crippen molar-refractivity contribution in [3.63, 3.8) is 0 Å². The Balaban J connectivity index is 1.97. The first-order valence-corrected chi connectivity index (χ1v) is 7.69. The van der Waals surface area contributed by atoms with Crippen LogP contribution in [0.25, 0.3) is 0 Å². The molecule has 0 unspecified atom stereocenters. The first-order valence-electron chi connectivity index (χ1n) is 7.69. The number of amides is 1. The number of carboxylic acid groups (broad SMARTS) is 1. The van der Waals surface area contributed by atoms with Crippen LogP contribution in [0.4, 0.5) is 0 Å². The largest absolute Gasteiger partial charge is 0.508 e. The molecule has 7 heteroatoms. The Morgan fingerprint density at radius 3 is 1.76 bits per heavy atom. The van der Waals surface area contributed by atoms with Crippen molar-refractivity contribution in [1.82, 2.24) is 5.32 Å². The van der Waals surface area contributed by atoms with Gasteiger partial charge in [0.2, 0.25) is 5.91 Å². The number of rotatable bonds is 7. The van der Waals surface area contributed by atoms with E-state index in [0.29, 0.717) is 5.56 Å². The minimum atomic E-state index is -1.17. The average molecular weight is 344 g/mol. The van der Waals surface area contributed by atoms with Crippen LogP contribution in [0.15, 0.2) is 48.5 Å². The summed E-state index contributed by atoms with van der Waals surface area (Å²) in [6.45, 7) is 0. The molecule has 1 amide bonds. The fraction of sp³-hybridized carbons (Fsp3) is 0.222. The minimum Gasteiger partial charge on any atom is -0.508 e. The maximum Gasteiger partial charge on any atom is 0.326 e. The van der Waals surface area contributed by atoms with Gasteiger partial charge in [0.05, 0.1) is 6.04 Å². The summed E-state index contributed by atoms with van der Waals surface area (Å²) in [6, 6.07) is 10.3. The van der Waals surface area contributed by atoms with E-state index < -0.39 is 24.0 Å². The van der Waals surface area contributed by atoms with Gasteiger partial charge in [-0.05, 0) is 41.8 Å². The van der Waals surface area contributed by atoms with Crippen molar-refractivity contribution in [2.24, 2.45) is 5.73 Å². The first kappa shape index (κ1) is 18.3. The molecule has 2 atom stereocenters. The predicted octanol–water partition coefficient (Wildman–Crippen LogP) is 0.780. The van der Waals surface area contributed by atoms with E-state index in [1.807, 2.05) is 0 Å². The molecule has 0 spiro atoms. The Morgan fingerprint density at radius 1 is 0.880 bits per heavy atom. The number of benzene rings is 2. The molecule has 0 saturated heterocycles. The van der Waals surface area contributed by atoms with Gasteiger partial charge in [-0.25, -0.2) is 4.79 Å². The van der Waals surface area contributed by atoms with E-state index in [2.05, 4.69) is 5.32 Å². The van der Waals surface area contributed by atoms with Crippen LogP contribution in [0.1, 0.15) is 11.1 Å². The third kappa shape index (κ3) is 5.50. The number of aromatic hydroxyl groups is 2. The molecular weight excluding hydrogens is 324 g/mol. The maximum absolute atomic E-state index is 12.2. The Kier molecular flexibility index (Phi) is 5.97. The number of hydrogen-bond acceptors (Lipinski definition) is 5. The molecule has 0 aliphatic carbocycles. The van der Waals surface area contributed by atoms with Gasteiger partial charge in [0.25, 0.3) is 0 Å². The van der Waals surface area contributed by atoms with Crippen LogP contribution in [-0.4, -0.2) is 39.3 Å². The highest BCUT2D eigenvalue weighted by molar-refractivity contribution is 5.87. The fourth-order valence-corrected chi connectivity index (χ4v) is 2.33. The van der Waals surface area contributed by atoms with E-state index in [9.17, 15) is 24.9 Å². The molecule has 6 N–H and O–H groups in total. The SMILES string of the molecule is N[C@@H](Cc1ccc(O)cc1)C(=O)N[C@H](Cc1ccc(O)cc1)C(=O)O. The van der Waals surface area contributed by atoms with Crippen LogP contribution in [-0.2, 0) is 22.4 Å². The van der Waals surface area contributed by atoms with E-state index >= 15 is 0 Å². The molecule has 0 radical (unpaired) electrons. The number of carbonyl (C=O) groups excluding carboxylic acids is 1. The van der Waals surface area contributed by atoms with Crippen molar-refractivity contribution in [1.29, 1.82) is 0 Å². The molecule has 0 aliphatic rings. The predicted molar refractivity (Wildman–Crippen MR) is 91.2 cm³/mol. The average Bonchev–Trinajstić information content (AvgIpc) is 2.58. The number of phenols is 2. The topological polar surface area (TPSA) is 133 Å².